The summed E-state index contributed by atoms with van der Waals surface area (Å²) < 4.78 is 6.74. The molecule has 0 atom stereocenters. The molecule has 0 aromatic carbocycles. The standard InChI is InChI=1S/C15H16N8O/c1-9-5-4-6-11-17-10(8-23(9)11)7-16-14-15(22(2)3)19-13-12(18-14)20-24-21-13/h4-6,8H,7H2,1-3H3,(H,16,18,20). The largest absolute Gasteiger partial charge is 0.361 e. The van der Waals surface area contributed by atoms with Gasteiger partial charge in [0, 0.05) is 26.0 Å². The average Bonchev–Trinajstić information content (AvgIpc) is 3.18. The van der Waals surface area contributed by atoms with Crippen molar-refractivity contribution in [3.8, 4) is 0 Å². The molecule has 4 aromatic rings. The third-order valence-corrected chi connectivity index (χ3v) is 3.70. The molecule has 0 fully saturated rings. The number of nitrogens with zero attached hydrogens (tertiary/aromatic N) is 7. The number of imidazole rings is 1. The molecule has 0 unspecified atom stereocenters. The van der Waals surface area contributed by atoms with Crippen molar-refractivity contribution in [1.82, 2.24) is 29.7 Å². The molecule has 0 aliphatic heterocycles. The Balaban J connectivity index is 1.65. The summed E-state index contributed by atoms with van der Waals surface area (Å²) in [7, 11) is 3.78. The normalized spacial score (nSPS) is 11.3. The van der Waals surface area contributed by atoms with Gasteiger partial charge >= 0.3 is 0 Å². The van der Waals surface area contributed by atoms with Crippen LogP contribution in [-0.2, 0) is 6.54 Å². The Labute approximate surface area is 137 Å². The molecule has 0 aliphatic rings. The number of nitrogens with one attached hydrogen (secondary N) is 1. The van der Waals surface area contributed by atoms with Gasteiger partial charge in [-0.1, -0.05) is 6.07 Å². The summed E-state index contributed by atoms with van der Waals surface area (Å²) in [5.74, 6) is 1.27. The minimum Gasteiger partial charge on any atom is -0.361 e. The van der Waals surface area contributed by atoms with Gasteiger partial charge in [-0.2, -0.15) is 0 Å². The maximum Gasteiger partial charge on any atom is 0.245 e. The van der Waals surface area contributed by atoms with Crippen molar-refractivity contribution in [2.24, 2.45) is 0 Å². The lowest BCUT2D eigenvalue weighted by Gasteiger charge is -2.15. The molecule has 4 rings (SSSR count). The van der Waals surface area contributed by atoms with E-state index in [0.717, 1.165) is 17.0 Å². The van der Waals surface area contributed by atoms with E-state index in [1.165, 1.54) is 0 Å². The van der Waals surface area contributed by atoms with Crippen molar-refractivity contribution in [3.05, 3.63) is 35.8 Å². The molecule has 0 amide bonds. The van der Waals surface area contributed by atoms with Crippen LogP contribution in [0.4, 0.5) is 11.6 Å². The van der Waals surface area contributed by atoms with Crippen molar-refractivity contribution in [1.29, 1.82) is 0 Å². The maximum absolute atomic E-state index is 4.68. The first kappa shape index (κ1) is 14.4. The van der Waals surface area contributed by atoms with Crippen LogP contribution >= 0.6 is 0 Å². The molecule has 0 saturated carbocycles. The molecular formula is C15H16N8O. The second kappa shape index (κ2) is 5.44. The van der Waals surface area contributed by atoms with Gasteiger partial charge in [-0.3, -0.25) is 0 Å². The monoisotopic (exact) mass is 324 g/mol. The molecule has 1 N–H and O–H groups in total. The minimum atomic E-state index is 0.369. The van der Waals surface area contributed by atoms with Crippen molar-refractivity contribution in [3.63, 3.8) is 0 Å². The number of fused-ring (bicyclic) bond motifs is 2. The van der Waals surface area contributed by atoms with Crippen molar-refractivity contribution >= 4 is 28.6 Å². The summed E-state index contributed by atoms with van der Waals surface area (Å²) in [5.41, 5.74) is 3.72. The molecule has 0 radical (unpaired) electrons. The van der Waals surface area contributed by atoms with Gasteiger partial charge in [0.1, 0.15) is 5.65 Å². The van der Waals surface area contributed by atoms with Crippen molar-refractivity contribution in [2.75, 3.05) is 24.3 Å². The highest BCUT2D eigenvalue weighted by Crippen LogP contribution is 2.22. The molecule has 0 bridgehead atoms. The number of hydrogen-bond acceptors (Lipinski definition) is 8. The molecular weight excluding hydrogens is 308 g/mol. The fraction of sp³-hybridized carbons (Fsp3) is 0.267. The van der Waals surface area contributed by atoms with Gasteiger partial charge in [0.05, 0.1) is 12.2 Å². The molecule has 9 heteroatoms. The molecule has 4 aromatic heterocycles. The SMILES string of the molecule is Cc1cccc2nc(CNc3nc4nonc4nc3N(C)C)cn12. The van der Waals surface area contributed by atoms with E-state index in [1.807, 2.05) is 50.3 Å². The molecule has 0 aliphatic carbocycles. The van der Waals surface area contributed by atoms with E-state index in [9.17, 15) is 0 Å². The van der Waals surface area contributed by atoms with Crippen LogP contribution in [0.1, 0.15) is 11.4 Å². The van der Waals surface area contributed by atoms with Crippen LogP contribution in [-0.4, -0.2) is 43.8 Å². The quantitative estimate of drug-likeness (QED) is 0.605. The minimum absolute atomic E-state index is 0.369. The van der Waals surface area contributed by atoms with Crippen LogP contribution in [0.15, 0.2) is 29.0 Å². The number of anilines is 2. The van der Waals surface area contributed by atoms with Crippen LogP contribution in [0.5, 0.6) is 0 Å². The van der Waals surface area contributed by atoms with Gasteiger partial charge in [-0.25, -0.2) is 19.6 Å². The van der Waals surface area contributed by atoms with Gasteiger partial charge < -0.3 is 14.6 Å². The lowest BCUT2D eigenvalue weighted by Crippen LogP contribution is -2.15. The Morgan fingerprint density at radius 3 is 2.67 bits per heavy atom. The van der Waals surface area contributed by atoms with Crippen LogP contribution in [0.3, 0.4) is 0 Å². The van der Waals surface area contributed by atoms with E-state index >= 15 is 0 Å². The highest BCUT2D eigenvalue weighted by Gasteiger charge is 2.14. The average molecular weight is 324 g/mol. The lowest BCUT2D eigenvalue weighted by molar-refractivity contribution is 0.314. The van der Waals surface area contributed by atoms with E-state index in [4.69, 9.17) is 0 Å². The summed E-state index contributed by atoms with van der Waals surface area (Å²) in [6, 6.07) is 6.03. The number of rotatable bonds is 4. The highest BCUT2D eigenvalue weighted by atomic mass is 16.6. The van der Waals surface area contributed by atoms with Gasteiger partial charge in [-0.15, -0.1) is 0 Å². The fourth-order valence-corrected chi connectivity index (χ4v) is 2.52. The summed E-state index contributed by atoms with van der Waals surface area (Å²) in [4.78, 5) is 15.3. The van der Waals surface area contributed by atoms with Crippen molar-refractivity contribution in [2.45, 2.75) is 13.5 Å². The molecule has 0 spiro atoms. The first-order valence-corrected chi connectivity index (χ1v) is 7.47. The number of pyridine rings is 1. The molecule has 122 valence electrons. The summed E-state index contributed by atoms with van der Waals surface area (Å²) in [5, 5.41) is 10.7. The van der Waals surface area contributed by atoms with Crippen LogP contribution in [0, 0.1) is 6.92 Å². The van der Waals surface area contributed by atoms with Gasteiger partial charge in [0.25, 0.3) is 0 Å². The van der Waals surface area contributed by atoms with Gasteiger partial charge in [0.2, 0.25) is 11.3 Å². The van der Waals surface area contributed by atoms with Gasteiger partial charge in [0.15, 0.2) is 11.6 Å². The lowest BCUT2D eigenvalue weighted by atomic mass is 10.4. The van der Waals surface area contributed by atoms with E-state index in [1.54, 1.807) is 0 Å². The smallest absolute Gasteiger partial charge is 0.245 e. The highest BCUT2D eigenvalue weighted by molar-refractivity contribution is 5.73. The molecule has 24 heavy (non-hydrogen) atoms. The third-order valence-electron chi connectivity index (χ3n) is 3.70. The van der Waals surface area contributed by atoms with E-state index in [2.05, 4.69) is 39.6 Å². The zero-order valence-corrected chi connectivity index (χ0v) is 13.6. The van der Waals surface area contributed by atoms with E-state index in [0.29, 0.717) is 29.5 Å². The second-order valence-electron chi connectivity index (χ2n) is 5.68. The van der Waals surface area contributed by atoms with Gasteiger partial charge in [-0.05, 0) is 29.4 Å². The maximum atomic E-state index is 4.68. The van der Waals surface area contributed by atoms with E-state index in [-0.39, 0.29) is 0 Å². The number of aromatic nitrogens is 6. The van der Waals surface area contributed by atoms with E-state index < -0.39 is 0 Å². The zero-order valence-electron chi connectivity index (χ0n) is 13.6. The Hall–Kier alpha value is -3.23. The predicted molar refractivity (Wildman–Crippen MR) is 89.0 cm³/mol. The Morgan fingerprint density at radius 2 is 1.92 bits per heavy atom. The second-order valence-corrected chi connectivity index (χ2v) is 5.68. The predicted octanol–water partition coefficient (Wildman–Crippen LogP) is 1.65. The third kappa shape index (κ3) is 2.39. The Morgan fingerprint density at radius 1 is 1.12 bits per heavy atom. The van der Waals surface area contributed by atoms with Crippen molar-refractivity contribution < 1.29 is 4.63 Å². The fourth-order valence-electron chi connectivity index (χ4n) is 2.52. The topological polar surface area (TPSA) is 97.3 Å². The van der Waals surface area contributed by atoms with Crippen LogP contribution in [0.2, 0.25) is 0 Å². The number of aryl methyl sites for hydroxylation is 1. The summed E-state index contributed by atoms with van der Waals surface area (Å²) in [6.07, 6.45) is 2.01. The first-order valence-electron chi connectivity index (χ1n) is 7.47. The molecule has 0 saturated heterocycles. The first-order chi connectivity index (χ1) is 11.6. The summed E-state index contributed by atoms with van der Waals surface area (Å²) in [6.45, 7) is 2.57. The molecule has 4 heterocycles. The molecule has 9 nitrogen and oxygen atoms in total. The summed E-state index contributed by atoms with van der Waals surface area (Å²) >= 11 is 0. The number of hydrogen-bond donors (Lipinski definition) is 1. The van der Waals surface area contributed by atoms with Crippen LogP contribution in [0.25, 0.3) is 16.9 Å². The van der Waals surface area contributed by atoms with Crippen LogP contribution < -0.4 is 10.2 Å². The zero-order chi connectivity index (χ0) is 16.7. The Kier molecular flexibility index (Phi) is 3.26. The Bertz CT molecular complexity index is 1020.